The van der Waals surface area contributed by atoms with Crippen LogP contribution in [-0.2, 0) is 6.54 Å². The summed E-state index contributed by atoms with van der Waals surface area (Å²) >= 11 is 0. The molecule has 0 aliphatic rings. The Morgan fingerprint density at radius 3 is 2.60 bits per heavy atom. The highest BCUT2D eigenvalue weighted by atomic mass is 16.5. The summed E-state index contributed by atoms with van der Waals surface area (Å²) in [7, 11) is 0. The number of rotatable bonds is 4. The molecule has 5 nitrogen and oxygen atoms in total. The van der Waals surface area contributed by atoms with Gasteiger partial charge in [-0.1, -0.05) is 23.4 Å². The predicted octanol–water partition coefficient (Wildman–Crippen LogP) is 2.94. The molecule has 0 saturated heterocycles. The minimum atomic E-state index is 0.353. The van der Waals surface area contributed by atoms with Gasteiger partial charge in [-0.2, -0.15) is 0 Å². The molecule has 0 atom stereocenters. The van der Waals surface area contributed by atoms with Crippen LogP contribution in [0.1, 0.15) is 5.76 Å². The third-order valence-electron chi connectivity index (χ3n) is 2.88. The smallest absolute Gasteiger partial charge is 0.150 e. The Morgan fingerprint density at radius 2 is 1.95 bits per heavy atom. The summed E-state index contributed by atoms with van der Waals surface area (Å²) in [5.41, 5.74) is 8.24. The zero-order chi connectivity index (χ0) is 13.8. The lowest BCUT2D eigenvalue weighted by Crippen LogP contribution is -1.92. The van der Waals surface area contributed by atoms with Gasteiger partial charge in [0, 0.05) is 23.5 Å². The van der Waals surface area contributed by atoms with E-state index in [-0.39, 0.29) is 0 Å². The molecule has 0 aliphatic heterocycles. The van der Waals surface area contributed by atoms with Crippen LogP contribution in [0, 0.1) is 0 Å². The molecule has 20 heavy (non-hydrogen) atoms. The largest absolute Gasteiger partial charge is 0.359 e. The molecule has 100 valence electrons. The Morgan fingerprint density at radius 1 is 1.10 bits per heavy atom. The maximum absolute atomic E-state index is 5.50. The van der Waals surface area contributed by atoms with E-state index >= 15 is 0 Å². The van der Waals surface area contributed by atoms with Crippen molar-refractivity contribution in [3.8, 4) is 11.3 Å². The Kier molecular flexibility index (Phi) is 3.43. The van der Waals surface area contributed by atoms with Crippen molar-refractivity contribution in [2.75, 3.05) is 5.32 Å². The van der Waals surface area contributed by atoms with E-state index in [4.69, 9.17) is 10.3 Å². The fourth-order valence-corrected chi connectivity index (χ4v) is 1.85. The topological polar surface area (TPSA) is 77.0 Å². The van der Waals surface area contributed by atoms with Gasteiger partial charge < -0.3 is 15.6 Å². The summed E-state index contributed by atoms with van der Waals surface area (Å²) < 4.78 is 5.09. The first-order chi connectivity index (χ1) is 9.85. The van der Waals surface area contributed by atoms with Gasteiger partial charge in [0.15, 0.2) is 5.76 Å². The minimum Gasteiger partial charge on any atom is -0.359 e. The van der Waals surface area contributed by atoms with Crippen molar-refractivity contribution in [2.24, 2.45) is 5.73 Å². The summed E-state index contributed by atoms with van der Waals surface area (Å²) in [4.78, 5) is 4.22. The summed E-state index contributed by atoms with van der Waals surface area (Å²) in [6, 6.07) is 15.5. The zero-order valence-corrected chi connectivity index (χ0v) is 10.8. The Labute approximate surface area is 116 Å². The van der Waals surface area contributed by atoms with Crippen LogP contribution in [0.4, 0.5) is 11.5 Å². The van der Waals surface area contributed by atoms with Crippen LogP contribution in [0.3, 0.4) is 0 Å². The van der Waals surface area contributed by atoms with E-state index in [0.717, 1.165) is 22.8 Å². The lowest BCUT2D eigenvalue weighted by atomic mass is 10.1. The van der Waals surface area contributed by atoms with E-state index in [1.807, 2.05) is 48.5 Å². The standard InChI is InChI=1S/C15H14N4O/c16-10-13-9-14(19-20-13)11-4-6-12(7-5-11)18-15-3-1-2-8-17-15/h1-9H,10,16H2,(H,17,18). The van der Waals surface area contributed by atoms with Crippen molar-refractivity contribution in [3.05, 3.63) is 60.5 Å². The predicted molar refractivity (Wildman–Crippen MR) is 77.4 cm³/mol. The van der Waals surface area contributed by atoms with Crippen LogP contribution in [0.25, 0.3) is 11.3 Å². The van der Waals surface area contributed by atoms with Gasteiger partial charge in [-0.25, -0.2) is 4.98 Å². The van der Waals surface area contributed by atoms with Crippen molar-refractivity contribution >= 4 is 11.5 Å². The van der Waals surface area contributed by atoms with Gasteiger partial charge in [-0.05, 0) is 24.3 Å². The molecule has 0 aliphatic carbocycles. The summed E-state index contributed by atoms with van der Waals surface area (Å²) in [6.45, 7) is 0.353. The molecule has 0 unspecified atom stereocenters. The second kappa shape index (κ2) is 5.54. The molecular formula is C15H14N4O. The fourth-order valence-electron chi connectivity index (χ4n) is 1.85. The van der Waals surface area contributed by atoms with Gasteiger partial charge in [0.1, 0.15) is 11.5 Å². The SMILES string of the molecule is NCc1cc(-c2ccc(Nc3ccccn3)cc2)no1. The zero-order valence-electron chi connectivity index (χ0n) is 10.8. The lowest BCUT2D eigenvalue weighted by Gasteiger charge is -2.05. The molecule has 0 amide bonds. The maximum atomic E-state index is 5.50. The molecule has 2 heterocycles. The average Bonchev–Trinajstić information content (AvgIpc) is 2.98. The van der Waals surface area contributed by atoms with Crippen molar-refractivity contribution in [1.82, 2.24) is 10.1 Å². The number of hydrogen-bond donors (Lipinski definition) is 2. The minimum absolute atomic E-state index is 0.353. The van der Waals surface area contributed by atoms with Gasteiger partial charge in [-0.3, -0.25) is 0 Å². The van der Waals surface area contributed by atoms with Crippen LogP contribution in [0.2, 0.25) is 0 Å². The number of nitrogens with zero attached hydrogens (tertiary/aromatic N) is 2. The van der Waals surface area contributed by atoms with E-state index in [1.54, 1.807) is 6.20 Å². The molecule has 3 rings (SSSR count). The molecule has 5 heteroatoms. The molecule has 0 spiro atoms. The number of hydrogen-bond acceptors (Lipinski definition) is 5. The van der Waals surface area contributed by atoms with E-state index in [2.05, 4.69) is 15.5 Å². The van der Waals surface area contributed by atoms with E-state index in [0.29, 0.717) is 12.3 Å². The fraction of sp³-hybridized carbons (Fsp3) is 0.0667. The number of nitrogens with two attached hydrogens (primary N) is 1. The number of aromatic nitrogens is 2. The maximum Gasteiger partial charge on any atom is 0.150 e. The second-order valence-corrected chi connectivity index (χ2v) is 4.30. The monoisotopic (exact) mass is 266 g/mol. The Bertz CT molecular complexity index is 677. The Balaban J connectivity index is 1.77. The number of pyridine rings is 1. The van der Waals surface area contributed by atoms with Gasteiger partial charge in [0.2, 0.25) is 0 Å². The summed E-state index contributed by atoms with van der Waals surface area (Å²) in [6.07, 6.45) is 1.75. The average molecular weight is 266 g/mol. The number of anilines is 2. The highest BCUT2D eigenvalue weighted by Crippen LogP contribution is 2.22. The summed E-state index contributed by atoms with van der Waals surface area (Å²) in [5, 5.41) is 7.21. The quantitative estimate of drug-likeness (QED) is 0.759. The van der Waals surface area contributed by atoms with Crippen LogP contribution in [0.5, 0.6) is 0 Å². The van der Waals surface area contributed by atoms with Gasteiger partial charge in [0.25, 0.3) is 0 Å². The molecule has 3 aromatic rings. The van der Waals surface area contributed by atoms with Crippen LogP contribution < -0.4 is 11.1 Å². The highest BCUT2D eigenvalue weighted by Gasteiger charge is 2.05. The van der Waals surface area contributed by atoms with Crippen molar-refractivity contribution in [2.45, 2.75) is 6.54 Å². The molecule has 1 aromatic carbocycles. The van der Waals surface area contributed by atoms with Crippen LogP contribution in [0.15, 0.2) is 59.3 Å². The first-order valence-corrected chi connectivity index (χ1v) is 6.29. The van der Waals surface area contributed by atoms with Crippen LogP contribution >= 0.6 is 0 Å². The molecule has 0 saturated carbocycles. The molecule has 0 radical (unpaired) electrons. The lowest BCUT2D eigenvalue weighted by molar-refractivity contribution is 0.387. The third-order valence-corrected chi connectivity index (χ3v) is 2.88. The van der Waals surface area contributed by atoms with Crippen molar-refractivity contribution in [1.29, 1.82) is 0 Å². The van der Waals surface area contributed by atoms with Crippen LogP contribution in [-0.4, -0.2) is 10.1 Å². The van der Waals surface area contributed by atoms with E-state index < -0.39 is 0 Å². The molecule has 0 fully saturated rings. The molecule has 0 bridgehead atoms. The van der Waals surface area contributed by atoms with Gasteiger partial charge in [0.05, 0.1) is 6.54 Å². The number of nitrogens with one attached hydrogen (secondary N) is 1. The van der Waals surface area contributed by atoms with Crippen molar-refractivity contribution < 1.29 is 4.52 Å². The summed E-state index contributed by atoms with van der Waals surface area (Å²) in [5.74, 6) is 1.49. The van der Waals surface area contributed by atoms with E-state index in [9.17, 15) is 0 Å². The highest BCUT2D eigenvalue weighted by molar-refractivity contribution is 5.64. The van der Waals surface area contributed by atoms with E-state index in [1.165, 1.54) is 0 Å². The van der Waals surface area contributed by atoms with Gasteiger partial charge >= 0.3 is 0 Å². The molecule has 2 aromatic heterocycles. The first-order valence-electron chi connectivity index (χ1n) is 6.29. The molecular weight excluding hydrogens is 252 g/mol. The Hall–Kier alpha value is -2.66. The third kappa shape index (κ3) is 2.67. The van der Waals surface area contributed by atoms with Crippen molar-refractivity contribution in [3.63, 3.8) is 0 Å². The normalized spacial score (nSPS) is 10.4. The van der Waals surface area contributed by atoms with Gasteiger partial charge in [-0.15, -0.1) is 0 Å². The molecule has 3 N–H and O–H groups in total. The second-order valence-electron chi connectivity index (χ2n) is 4.30. The number of benzene rings is 1. The first kappa shape index (κ1) is 12.4.